The van der Waals surface area contributed by atoms with E-state index in [1.165, 1.54) is 18.2 Å². The quantitative estimate of drug-likeness (QED) is 0.0332. The Balaban J connectivity index is 1.18. The van der Waals surface area contributed by atoms with Crippen molar-refractivity contribution >= 4 is 53.1 Å². The van der Waals surface area contributed by atoms with Crippen molar-refractivity contribution < 1.29 is 57.2 Å². The Morgan fingerprint density at radius 3 is 0.968 bits per heavy atom. The number of benzene rings is 3. The van der Waals surface area contributed by atoms with Crippen LogP contribution in [0.3, 0.4) is 0 Å². The average molecular weight is 876 g/mol. The van der Waals surface area contributed by atoms with E-state index in [0.717, 1.165) is 64.2 Å². The highest BCUT2D eigenvalue weighted by Crippen LogP contribution is 2.18. The van der Waals surface area contributed by atoms with Crippen molar-refractivity contribution in [3.63, 3.8) is 0 Å². The molecule has 0 saturated carbocycles. The van der Waals surface area contributed by atoms with Crippen molar-refractivity contribution in [1.29, 1.82) is 0 Å². The van der Waals surface area contributed by atoms with Gasteiger partial charge in [-0.15, -0.1) is 0 Å². The topological polar surface area (TPSA) is 208 Å². The van der Waals surface area contributed by atoms with Gasteiger partial charge in [0.25, 0.3) is 0 Å². The Morgan fingerprint density at radius 1 is 0.413 bits per heavy atom. The number of amides is 2. The van der Waals surface area contributed by atoms with Crippen LogP contribution in [0.25, 0.3) is 0 Å². The summed E-state index contributed by atoms with van der Waals surface area (Å²) < 4.78 is 32.0. The number of nitrogens with two attached hydrogens (primary N) is 1. The minimum absolute atomic E-state index is 0.182. The molecule has 0 aliphatic heterocycles. The molecule has 15 nitrogen and oxygen atoms in total. The van der Waals surface area contributed by atoms with Gasteiger partial charge in [-0.25, -0.2) is 28.8 Å². The minimum atomic E-state index is -0.614. The maximum Gasteiger partial charge on any atom is 0.412 e. The molecule has 0 aliphatic rings. The summed E-state index contributed by atoms with van der Waals surface area (Å²) in [5.74, 6) is -1.99. The zero-order valence-electron chi connectivity index (χ0n) is 37.6. The summed E-state index contributed by atoms with van der Waals surface area (Å²) in [7, 11) is 0. The number of hydrogen-bond donors (Lipinski definition) is 3. The largest absolute Gasteiger partial charge is 0.462 e. The Hall–Kier alpha value is -6.12. The van der Waals surface area contributed by atoms with Crippen LogP contribution in [0, 0.1) is 0 Å². The van der Waals surface area contributed by atoms with Crippen LogP contribution in [0.4, 0.5) is 26.7 Å². The smallest absolute Gasteiger partial charge is 0.412 e. The molecular weight excluding hydrogens is 811 g/mol. The third kappa shape index (κ3) is 22.0. The van der Waals surface area contributed by atoms with Crippen LogP contribution in [0.1, 0.15) is 160 Å². The number of unbranched alkanes of at least 4 members (excludes halogenated alkanes) is 10. The number of nitrogens with one attached hydrogen (secondary N) is 2. The molecule has 0 atom stereocenters. The Kier molecular flexibility index (Phi) is 21.4. The molecule has 0 heterocycles. The molecule has 4 N–H and O–H groups in total. The summed E-state index contributed by atoms with van der Waals surface area (Å²) in [4.78, 5) is 74.0. The van der Waals surface area contributed by atoms with Gasteiger partial charge in [0.15, 0.2) is 0 Å². The third-order valence-electron chi connectivity index (χ3n) is 8.97. The lowest BCUT2D eigenvalue weighted by atomic mass is 10.1. The van der Waals surface area contributed by atoms with Gasteiger partial charge in [-0.2, -0.15) is 0 Å². The molecular formula is C48H65N3O12. The molecule has 2 amide bonds. The van der Waals surface area contributed by atoms with Crippen molar-refractivity contribution in [3.05, 3.63) is 89.0 Å². The van der Waals surface area contributed by atoms with Crippen LogP contribution < -0.4 is 16.4 Å². The van der Waals surface area contributed by atoms with Gasteiger partial charge in [0.1, 0.15) is 11.2 Å². The predicted molar refractivity (Wildman–Crippen MR) is 240 cm³/mol. The molecule has 15 heteroatoms. The average Bonchev–Trinajstić information content (AvgIpc) is 3.20. The van der Waals surface area contributed by atoms with E-state index in [0.29, 0.717) is 48.6 Å². The molecule has 3 rings (SSSR count). The SMILES string of the molecule is CC(C)(C)OC(=O)Nc1ccc(C(=O)OCCCCCCCCOC(=O)c2cc(N)cc(C(=O)OCCCCCCCCOC(=O)c3ccc(NC(=O)OC(C)(C)C)cc3)c2)cc1. The number of rotatable bonds is 24. The van der Waals surface area contributed by atoms with Crippen LogP contribution in [-0.2, 0) is 28.4 Å². The van der Waals surface area contributed by atoms with Gasteiger partial charge >= 0.3 is 36.1 Å². The molecule has 0 spiro atoms. The lowest BCUT2D eigenvalue weighted by molar-refractivity contribution is 0.0478. The fourth-order valence-corrected chi connectivity index (χ4v) is 5.92. The standard InChI is InChI=1S/C48H65N3O12/c1-47(2,3)62-45(56)50-39-23-19-34(20-24-39)41(52)58-27-15-11-7-9-13-17-29-60-43(54)36-31-37(33-38(49)32-36)44(55)61-30-18-14-10-8-12-16-28-59-42(53)35-21-25-40(26-22-35)51-46(57)63-48(4,5)6/h19-26,31-33H,7-18,27-30,49H2,1-6H3,(H,50,56)(H,51,57). The summed E-state index contributed by atoms with van der Waals surface area (Å²) in [6, 6.07) is 17.2. The molecule has 344 valence electrons. The van der Waals surface area contributed by atoms with Gasteiger partial charge in [-0.05, 0) is 134 Å². The van der Waals surface area contributed by atoms with Crippen LogP contribution in [0.2, 0.25) is 0 Å². The van der Waals surface area contributed by atoms with Gasteiger partial charge in [-0.1, -0.05) is 51.4 Å². The van der Waals surface area contributed by atoms with Gasteiger partial charge in [0.2, 0.25) is 0 Å². The summed E-state index contributed by atoms with van der Waals surface area (Å²) in [5, 5.41) is 5.24. The minimum Gasteiger partial charge on any atom is -0.462 e. The van der Waals surface area contributed by atoms with Crippen molar-refractivity contribution in [2.45, 2.75) is 130 Å². The fraction of sp³-hybridized carbons (Fsp3) is 0.500. The van der Waals surface area contributed by atoms with Crippen LogP contribution in [0.15, 0.2) is 66.7 Å². The number of carbonyl (C=O) groups excluding carboxylic acids is 6. The Labute approximate surface area is 371 Å². The molecule has 0 aromatic heterocycles. The summed E-state index contributed by atoms with van der Waals surface area (Å²) in [5.41, 5.74) is 7.17. The molecule has 0 aliphatic carbocycles. The normalized spacial score (nSPS) is 11.2. The Bertz CT molecular complexity index is 1800. The molecule has 0 radical (unpaired) electrons. The number of ether oxygens (including phenoxy) is 6. The van der Waals surface area contributed by atoms with Crippen molar-refractivity contribution in [2.24, 2.45) is 0 Å². The van der Waals surface area contributed by atoms with E-state index in [4.69, 9.17) is 34.2 Å². The van der Waals surface area contributed by atoms with Gasteiger partial charge in [0.05, 0.1) is 48.7 Å². The highest BCUT2D eigenvalue weighted by molar-refractivity contribution is 5.97. The van der Waals surface area contributed by atoms with E-state index < -0.39 is 47.3 Å². The van der Waals surface area contributed by atoms with Crippen LogP contribution in [-0.4, -0.2) is 73.7 Å². The molecule has 0 unspecified atom stereocenters. The number of esters is 4. The molecule has 0 fully saturated rings. The van der Waals surface area contributed by atoms with Crippen LogP contribution >= 0.6 is 0 Å². The summed E-state index contributed by atoms with van der Waals surface area (Å²) >= 11 is 0. The first kappa shape index (κ1) is 51.2. The van der Waals surface area contributed by atoms with Crippen molar-refractivity contribution in [3.8, 4) is 0 Å². The van der Waals surface area contributed by atoms with Gasteiger partial charge < -0.3 is 34.2 Å². The lowest BCUT2D eigenvalue weighted by Gasteiger charge is -2.19. The first-order valence-corrected chi connectivity index (χ1v) is 21.7. The second-order valence-corrected chi connectivity index (χ2v) is 17.0. The van der Waals surface area contributed by atoms with E-state index >= 15 is 0 Å². The zero-order chi connectivity index (χ0) is 46.3. The molecule has 63 heavy (non-hydrogen) atoms. The van der Waals surface area contributed by atoms with Crippen molar-refractivity contribution in [1.82, 2.24) is 0 Å². The van der Waals surface area contributed by atoms with Crippen LogP contribution in [0.5, 0.6) is 0 Å². The highest BCUT2D eigenvalue weighted by atomic mass is 16.6. The fourth-order valence-electron chi connectivity index (χ4n) is 5.92. The van der Waals surface area contributed by atoms with Crippen molar-refractivity contribution in [2.75, 3.05) is 42.8 Å². The van der Waals surface area contributed by atoms with E-state index in [1.807, 2.05) is 0 Å². The summed E-state index contributed by atoms with van der Waals surface area (Å²) in [6.45, 7) is 11.7. The number of carbonyl (C=O) groups is 6. The first-order valence-electron chi connectivity index (χ1n) is 21.7. The highest BCUT2D eigenvalue weighted by Gasteiger charge is 2.19. The van der Waals surface area contributed by atoms with E-state index in [-0.39, 0.29) is 30.0 Å². The third-order valence-corrected chi connectivity index (χ3v) is 8.97. The molecule has 0 bridgehead atoms. The maximum atomic E-state index is 12.7. The predicted octanol–water partition coefficient (Wildman–Crippen LogP) is 10.7. The van der Waals surface area contributed by atoms with E-state index in [2.05, 4.69) is 10.6 Å². The first-order chi connectivity index (χ1) is 29.9. The number of hydrogen-bond acceptors (Lipinski definition) is 13. The second-order valence-electron chi connectivity index (χ2n) is 17.0. The maximum absolute atomic E-state index is 12.7. The number of nitrogen functional groups attached to an aromatic ring is 1. The number of anilines is 3. The van der Waals surface area contributed by atoms with E-state index in [1.54, 1.807) is 90.1 Å². The zero-order valence-corrected chi connectivity index (χ0v) is 37.6. The van der Waals surface area contributed by atoms with Gasteiger partial charge in [-0.3, -0.25) is 10.6 Å². The second kappa shape index (κ2) is 26.4. The lowest BCUT2D eigenvalue weighted by Crippen LogP contribution is -2.27. The summed E-state index contributed by atoms with van der Waals surface area (Å²) in [6.07, 6.45) is 8.87. The van der Waals surface area contributed by atoms with Gasteiger partial charge in [0, 0.05) is 17.1 Å². The monoisotopic (exact) mass is 875 g/mol. The Morgan fingerprint density at radius 2 is 0.683 bits per heavy atom. The molecule has 3 aromatic carbocycles. The van der Waals surface area contributed by atoms with E-state index in [9.17, 15) is 28.8 Å². The molecule has 3 aromatic rings. The molecule has 0 saturated heterocycles.